The summed E-state index contributed by atoms with van der Waals surface area (Å²) in [5, 5.41) is 6.85. The first-order valence-corrected chi connectivity index (χ1v) is 9.11. The van der Waals surface area contributed by atoms with Crippen molar-refractivity contribution in [2.24, 2.45) is 10.9 Å². The van der Waals surface area contributed by atoms with Crippen molar-refractivity contribution in [1.29, 1.82) is 0 Å². The lowest BCUT2D eigenvalue weighted by Gasteiger charge is -2.24. The summed E-state index contributed by atoms with van der Waals surface area (Å²) in [5.74, 6) is 4.37. The third-order valence-corrected chi connectivity index (χ3v) is 5.16. The molecule has 2 N–H and O–H groups in total. The van der Waals surface area contributed by atoms with Crippen LogP contribution in [-0.2, 0) is 4.74 Å². The highest BCUT2D eigenvalue weighted by Crippen LogP contribution is 2.25. The number of nitrogens with one attached hydrogen (secondary N) is 2. The highest BCUT2D eigenvalue weighted by Gasteiger charge is 2.29. The van der Waals surface area contributed by atoms with Crippen LogP contribution in [0, 0.1) is 5.92 Å². The van der Waals surface area contributed by atoms with Crippen LogP contribution in [-0.4, -0.2) is 49.3 Å². The number of ether oxygens (including phenoxy) is 1. The van der Waals surface area contributed by atoms with Crippen molar-refractivity contribution in [3.8, 4) is 0 Å². The van der Waals surface area contributed by atoms with Crippen LogP contribution >= 0.6 is 35.7 Å². The number of halogens is 1. The van der Waals surface area contributed by atoms with Crippen molar-refractivity contribution >= 4 is 41.7 Å². The molecule has 6 heteroatoms. The highest BCUT2D eigenvalue weighted by atomic mass is 127. The zero-order valence-corrected chi connectivity index (χ0v) is 16.5. The number of thioether (sulfide) groups is 1. The van der Waals surface area contributed by atoms with E-state index in [1.54, 1.807) is 0 Å². The van der Waals surface area contributed by atoms with Crippen molar-refractivity contribution in [2.75, 3.05) is 37.7 Å². The fourth-order valence-corrected chi connectivity index (χ4v) is 3.95. The van der Waals surface area contributed by atoms with E-state index >= 15 is 0 Å². The Morgan fingerprint density at radius 2 is 2.10 bits per heavy atom. The van der Waals surface area contributed by atoms with Crippen LogP contribution in [0.4, 0.5) is 0 Å². The molecule has 0 aliphatic carbocycles. The smallest absolute Gasteiger partial charge is 0.191 e. The Bertz CT molecular complexity index is 316. The van der Waals surface area contributed by atoms with Gasteiger partial charge in [-0.3, -0.25) is 4.99 Å². The van der Waals surface area contributed by atoms with E-state index in [-0.39, 0.29) is 29.6 Å². The van der Waals surface area contributed by atoms with Crippen LogP contribution in [0.2, 0.25) is 0 Å². The summed E-state index contributed by atoms with van der Waals surface area (Å²) in [7, 11) is 0. The number of guanidine groups is 1. The maximum absolute atomic E-state index is 5.80. The van der Waals surface area contributed by atoms with E-state index in [2.05, 4.69) is 36.2 Å². The number of nitrogens with zero attached hydrogens (tertiary/aromatic N) is 1. The molecule has 0 saturated carbocycles. The first-order valence-electron chi connectivity index (χ1n) is 7.96. The van der Waals surface area contributed by atoms with Crippen LogP contribution in [0.1, 0.15) is 39.5 Å². The lowest BCUT2D eigenvalue weighted by molar-refractivity contribution is 0.0283. The zero-order valence-electron chi connectivity index (χ0n) is 13.3. The molecular formula is C15H30IN3OS. The molecule has 0 amide bonds. The van der Waals surface area contributed by atoms with Gasteiger partial charge in [0.2, 0.25) is 0 Å². The number of hydrogen-bond donors (Lipinski definition) is 2. The van der Waals surface area contributed by atoms with Crippen molar-refractivity contribution in [3.05, 3.63) is 0 Å². The minimum atomic E-state index is -0.0518. The Balaban J connectivity index is 0.00000220. The SMILES string of the molecule is CCNC(=NCC1(C)CCCO1)NCC1CCSCC1.I. The Morgan fingerprint density at radius 1 is 1.33 bits per heavy atom. The molecule has 1 atom stereocenters. The molecule has 2 saturated heterocycles. The summed E-state index contributed by atoms with van der Waals surface area (Å²) in [5.41, 5.74) is -0.0518. The third-order valence-electron chi connectivity index (χ3n) is 4.12. The van der Waals surface area contributed by atoms with Crippen molar-refractivity contribution in [2.45, 2.75) is 45.1 Å². The van der Waals surface area contributed by atoms with Gasteiger partial charge in [0.25, 0.3) is 0 Å². The lowest BCUT2D eigenvalue weighted by Crippen LogP contribution is -2.41. The van der Waals surface area contributed by atoms with E-state index in [4.69, 9.17) is 9.73 Å². The van der Waals surface area contributed by atoms with E-state index in [0.717, 1.165) is 51.0 Å². The summed E-state index contributed by atoms with van der Waals surface area (Å²) < 4.78 is 5.80. The average Bonchev–Trinajstić information content (AvgIpc) is 2.90. The molecule has 2 aliphatic rings. The van der Waals surface area contributed by atoms with Gasteiger partial charge in [-0.15, -0.1) is 24.0 Å². The zero-order chi connectivity index (χ0) is 14.3. The molecule has 2 aliphatic heterocycles. The molecule has 1 unspecified atom stereocenters. The van der Waals surface area contributed by atoms with Crippen LogP contribution < -0.4 is 10.6 Å². The average molecular weight is 427 g/mol. The van der Waals surface area contributed by atoms with Gasteiger partial charge in [0, 0.05) is 19.7 Å². The summed E-state index contributed by atoms with van der Waals surface area (Å²) in [6, 6.07) is 0. The van der Waals surface area contributed by atoms with Gasteiger partial charge in [-0.05, 0) is 57.0 Å². The molecule has 4 nitrogen and oxygen atoms in total. The van der Waals surface area contributed by atoms with Gasteiger partial charge in [0.1, 0.15) is 0 Å². The Hall–Kier alpha value is 0.310. The Morgan fingerprint density at radius 3 is 2.71 bits per heavy atom. The van der Waals surface area contributed by atoms with Crippen LogP contribution in [0.15, 0.2) is 4.99 Å². The Labute approximate surface area is 150 Å². The third kappa shape index (κ3) is 6.95. The predicted molar refractivity (Wildman–Crippen MR) is 103 cm³/mol. The van der Waals surface area contributed by atoms with Gasteiger partial charge in [-0.25, -0.2) is 0 Å². The van der Waals surface area contributed by atoms with E-state index in [9.17, 15) is 0 Å². The van der Waals surface area contributed by atoms with Gasteiger partial charge in [-0.2, -0.15) is 11.8 Å². The molecule has 2 heterocycles. The van der Waals surface area contributed by atoms with Gasteiger partial charge in [0.15, 0.2) is 5.96 Å². The van der Waals surface area contributed by atoms with E-state index in [0.29, 0.717) is 0 Å². The second-order valence-electron chi connectivity index (χ2n) is 6.03. The fraction of sp³-hybridized carbons (Fsp3) is 0.933. The topological polar surface area (TPSA) is 45.7 Å². The number of rotatable bonds is 5. The quantitative estimate of drug-likeness (QED) is 0.403. The molecule has 21 heavy (non-hydrogen) atoms. The van der Waals surface area contributed by atoms with Gasteiger partial charge >= 0.3 is 0 Å². The van der Waals surface area contributed by atoms with Crippen LogP contribution in [0.3, 0.4) is 0 Å². The molecule has 2 fully saturated rings. The summed E-state index contributed by atoms with van der Waals surface area (Å²) in [6.45, 7) is 7.88. The summed E-state index contributed by atoms with van der Waals surface area (Å²) in [6.07, 6.45) is 4.95. The maximum Gasteiger partial charge on any atom is 0.191 e. The van der Waals surface area contributed by atoms with Crippen LogP contribution in [0.5, 0.6) is 0 Å². The minimum absolute atomic E-state index is 0. The summed E-state index contributed by atoms with van der Waals surface area (Å²) in [4.78, 5) is 4.72. The molecule has 0 bridgehead atoms. The molecule has 0 radical (unpaired) electrons. The fourth-order valence-electron chi connectivity index (χ4n) is 2.74. The van der Waals surface area contributed by atoms with Crippen molar-refractivity contribution < 1.29 is 4.74 Å². The monoisotopic (exact) mass is 427 g/mol. The van der Waals surface area contributed by atoms with E-state index in [1.165, 1.54) is 24.3 Å². The number of hydrogen-bond acceptors (Lipinski definition) is 3. The second kappa shape index (κ2) is 10.2. The van der Waals surface area contributed by atoms with Crippen molar-refractivity contribution in [3.63, 3.8) is 0 Å². The van der Waals surface area contributed by atoms with E-state index in [1.807, 2.05) is 0 Å². The standard InChI is InChI=1S/C15H29N3OS.HI/c1-3-16-14(17-11-13-5-9-20-10-6-13)18-12-15(2)7-4-8-19-15;/h13H,3-12H2,1-2H3,(H2,16,17,18);1H. The molecule has 0 aromatic carbocycles. The molecule has 124 valence electrons. The normalized spacial score (nSPS) is 27.2. The summed E-state index contributed by atoms with van der Waals surface area (Å²) >= 11 is 2.08. The lowest BCUT2D eigenvalue weighted by atomic mass is 10.0. The van der Waals surface area contributed by atoms with Gasteiger partial charge in [0.05, 0.1) is 12.1 Å². The molecule has 2 rings (SSSR count). The molecule has 0 aromatic rings. The first kappa shape index (κ1) is 19.4. The van der Waals surface area contributed by atoms with Crippen LogP contribution in [0.25, 0.3) is 0 Å². The maximum atomic E-state index is 5.80. The van der Waals surface area contributed by atoms with Gasteiger partial charge < -0.3 is 15.4 Å². The highest BCUT2D eigenvalue weighted by molar-refractivity contribution is 14.0. The Kier molecular flexibility index (Phi) is 9.36. The second-order valence-corrected chi connectivity index (χ2v) is 7.26. The molecular weight excluding hydrogens is 397 g/mol. The van der Waals surface area contributed by atoms with E-state index < -0.39 is 0 Å². The van der Waals surface area contributed by atoms with Crippen molar-refractivity contribution in [1.82, 2.24) is 10.6 Å². The molecule has 0 spiro atoms. The molecule has 0 aromatic heterocycles. The predicted octanol–water partition coefficient (Wildman–Crippen LogP) is 2.87. The van der Waals surface area contributed by atoms with Gasteiger partial charge in [-0.1, -0.05) is 0 Å². The largest absolute Gasteiger partial charge is 0.373 e. The first-order chi connectivity index (χ1) is 9.72. The number of aliphatic imine (C=N–C) groups is 1. The minimum Gasteiger partial charge on any atom is -0.373 e.